The van der Waals surface area contributed by atoms with Crippen LogP contribution in [0.4, 0.5) is 0 Å². The molecule has 1 aromatic rings. The number of benzene rings is 1. The fourth-order valence-electron chi connectivity index (χ4n) is 1.65. The predicted octanol–water partition coefficient (Wildman–Crippen LogP) is 3.40. The number of ether oxygens (including phenoxy) is 1. The van der Waals surface area contributed by atoms with Crippen LogP contribution in [-0.4, -0.2) is 23.3 Å². The quantitative estimate of drug-likeness (QED) is 0.608. The van der Waals surface area contributed by atoms with Gasteiger partial charge in [-0.15, -0.1) is 23.2 Å². The molecule has 1 rings (SSSR count). The molecule has 0 aliphatic carbocycles. The standard InChI is InChI=1S/C13H16Cl2O2/c1-13(15,12(16)17-2)9-11(14)8-10-6-4-3-5-7-10/h3-7,11H,8-9H2,1-2H3. The molecule has 4 heteroatoms. The fourth-order valence-corrected chi connectivity index (χ4v) is 2.48. The molecule has 0 radical (unpaired) electrons. The zero-order valence-electron chi connectivity index (χ0n) is 9.95. The molecular formula is C13H16Cl2O2. The molecule has 2 nitrogen and oxygen atoms in total. The summed E-state index contributed by atoms with van der Waals surface area (Å²) >= 11 is 12.3. The lowest BCUT2D eigenvalue weighted by molar-refractivity contribution is -0.143. The highest BCUT2D eigenvalue weighted by molar-refractivity contribution is 6.34. The highest BCUT2D eigenvalue weighted by Gasteiger charge is 2.34. The molecule has 0 aromatic heterocycles. The van der Waals surface area contributed by atoms with E-state index in [2.05, 4.69) is 4.74 Å². The van der Waals surface area contributed by atoms with Crippen LogP contribution in [0.3, 0.4) is 0 Å². The summed E-state index contributed by atoms with van der Waals surface area (Å²) in [4.78, 5) is 10.3. The average Bonchev–Trinajstić information content (AvgIpc) is 2.28. The van der Waals surface area contributed by atoms with Gasteiger partial charge < -0.3 is 4.74 Å². The maximum atomic E-state index is 11.4. The molecular weight excluding hydrogens is 259 g/mol. The summed E-state index contributed by atoms with van der Waals surface area (Å²) < 4.78 is 4.64. The molecule has 0 bridgehead atoms. The number of rotatable bonds is 5. The number of carbonyl (C=O) groups excluding carboxylic acids is 1. The van der Waals surface area contributed by atoms with Gasteiger partial charge in [-0.2, -0.15) is 0 Å². The Morgan fingerprint density at radius 1 is 1.41 bits per heavy atom. The SMILES string of the molecule is COC(=O)C(C)(Cl)CC(Cl)Cc1ccccc1. The molecule has 0 aliphatic heterocycles. The first kappa shape index (κ1) is 14.3. The maximum Gasteiger partial charge on any atom is 0.326 e. The summed E-state index contributed by atoms with van der Waals surface area (Å²) in [5.74, 6) is -0.446. The molecule has 17 heavy (non-hydrogen) atoms. The first-order valence-corrected chi connectivity index (χ1v) is 6.22. The zero-order chi connectivity index (χ0) is 12.9. The minimum absolute atomic E-state index is 0.195. The summed E-state index contributed by atoms with van der Waals surface area (Å²) in [7, 11) is 1.32. The molecule has 0 fully saturated rings. The Kier molecular flexibility index (Phi) is 5.29. The smallest absolute Gasteiger partial charge is 0.326 e. The molecule has 0 N–H and O–H groups in total. The van der Waals surface area contributed by atoms with E-state index in [1.807, 2.05) is 30.3 Å². The van der Waals surface area contributed by atoms with E-state index in [4.69, 9.17) is 23.2 Å². The van der Waals surface area contributed by atoms with Gasteiger partial charge in [0.2, 0.25) is 0 Å². The van der Waals surface area contributed by atoms with Gasteiger partial charge in [0.25, 0.3) is 0 Å². The van der Waals surface area contributed by atoms with Crippen molar-refractivity contribution in [1.29, 1.82) is 0 Å². The largest absolute Gasteiger partial charge is 0.468 e. The molecule has 0 heterocycles. The average molecular weight is 275 g/mol. The molecule has 94 valence electrons. The number of hydrogen-bond acceptors (Lipinski definition) is 2. The van der Waals surface area contributed by atoms with Crippen LogP contribution in [0.15, 0.2) is 30.3 Å². The first-order chi connectivity index (χ1) is 7.95. The van der Waals surface area contributed by atoms with Crippen LogP contribution in [-0.2, 0) is 16.0 Å². The summed E-state index contributed by atoms with van der Waals surface area (Å²) in [6, 6.07) is 9.86. The normalized spacial score (nSPS) is 16.0. The van der Waals surface area contributed by atoms with E-state index >= 15 is 0 Å². The van der Waals surface area contributed by atoms with Gasteiger partial charge in [-0.25, -0.2) is 0 Å². The van der Waals surface area contributed by atoms with E-state index in [0.29, 0.717) is 12.8 Å². The Balaban J connectivity index is 2.55. The highest BCUT2D eigenvalue weighted by atomic mass is 35.5. The van der Waals surface area contributed by atoms with Crippen molar-refractivity contribution in [2.24, 2.45) is 0 Å². The first-order valence-electron chi connectivity index (χ1n) is 5.41. The zero-order valence-corrected chi connectivity index (χ0v) is 11.5. The van der Waals surface area contributed by atoms with Crippen molar-refractivity contribution < 1.29 is 9.53 Å². The van der Waals surface area contributed by atoms with Crippen molar-refractivity contribution in [2.75, 3.05) is 7.11 Å². The van der Waals surface area contributed by atoms with Gasteiger partial charge in [0, 0.05) is 5.38 Å². The molecule has 0 saturated carbocycles. The van der Waals surface area contributed by atoms with Gasteiger partial charge in [0.1, 0.15) is 4.87 Å². The van der Waals surface area contributed by atoms with Crippen LogP contribution >= 0.6 is 23.2 Å². The second-order valence-corrected chi connectivity index (χ2v) is 5.63. The van der Waals surface area contributed by atoms with Gasteiger partial charge in [-0.05, 0) is 25.3 Å². The Morgan fingerprint density at radius 3 is 2.53 bits per heavy atom. The van der Waals surface area contributed by atoms with Crippen LogP contribution in [0.5, 0.6) is 0 Å². The Hall–Kier alpha value is -0.730. The molecule has 0 amide bonds. The number of methoxy groups -OCH3 is 1. The van der Waals surface area contributed by atoms with Gasteiger partial charge in [0.15, 0.2) is 0 Å². The van der Waals surface area contributed by atoms with Gasteiger partial charge in [-0.3, -0.25) is 4.79 Å². The van der Waals surface area contributed by atoms with Crippen molar-refractivity contribution in [3.8, 4) is 0 Å². The summed E-state index contributed by atoms with van der Waals surface area (Å²) in [5, 5.41) is -0.195. The van der Waals surface area contributed by atoms with E-state index in [9.17, 15) is 4.79 Å². The topological polar surface area (TPSA) is 26.3 Å². The van der Waals surface area contributed by atoms with Crippen molar-refractivity contribution in [3.05, 3.63) is 35.9 Å². The third-order valence-corrected chi connectivity index (χ3v) is 3.13. The van der Waals surface area contributed by atoms with Gasteiger partial charge in [0.05, 0.1) is 7.11 Å². The van der Waals surface area contributed by atoms with Crippen LogP contribution in [0, 0.1) is 0 Å². The van der Waals surface area contributed by atoms with Crippen molar-refractivity contribution in [1.82, 2.24) is 0 Å². The van der Waals surface area contributed by atoms with Crippen LogP contribution in [0.25, 0.3) is 0 Å². The van der Waals surface area contributed by atoms with Crippen molar-refractivity contribution in [3.63, 3.8) is 0 Å². The van der Waals surface area contributed by atoms with Crippen LogP contribution < -0.4 is 0 Å². The molecule has 1 aromatic carbocycles. The monoisotopic (exact) mass is 274 g/mol. The van der Waals surface area contributed by atoms with E-state index in [-0.39, 0.29) is 5.38 Å². The molecule has 0 spiro atoms. The van der Waals surface area contributed by atoms with Crippen molar-refractivity contribution in [2.45, 2.75) is 30.0 Å². The van der Waals surface area contributed by atoms with Crippen LogP contribution in [0.1, 0.15) is 18.9 Å². The summed E-state index contributed by atoms with van der Waals surface area (Å²) in [6.45, 7) is 1.63. The second kappa shape index (κ2) is 6.27. The third-order valence-electron chi connectivity index (χ3n) is 2.52. The highest BCUT2D eigenvalue weighted by Crippen LogP contribution is 2.26. The lowest BCUT2D eigenvalue weighted by Crippen LogP contribution is -2.33. The third kappa shape index (κ3) is 4.57. The lowest BCUT2D eigenvalue weighted by Gasteiger charge is -2.21. The fraction of sp³-hybridized carbons (Fsp3) is 0.462. The molecule has 2 atom stereocenters. The van der Waals surface area contributed by atoms with E-state index in [1.165, 1.54) is 7.11 Å². The van der Waals surface area contributed by atoms with E-state index in [0.717, 1.165) is 5.56 Å². The Morgan fingerprint density at radius 2 is 2.00 bits per heavy atom. The number of hydrogen-bond donors (Lipinski definition) is 0. The number of alkyl halides is 2. The number of esters is 1. The minimum atomic E-state index is -1.06. The summed E-state index contributed by atoms with van der Waals surface area (Å²) in [5.41, 5.74) is 1.13. The van der Waals surface area contributed by atoms with E-state index < -0.39 is 10.8 Å². The molecule has 0 aliphatic rings. The number of carbonyl (C=O) groups is 1. The number of halogens is 2. The van der Waals surface area contributed by atoms with Crippen molar-refractivity contribution >= 4 is 29.2 Å². The van der Waals surface area contributed by atoms with E-state index in [1.54, 1.807) is 6.92 Å². The second-order valence-electron chi connectivity index (χ2n) is 4.18. The Bertz CT molecular complexity index is 363. The predicted molar refractivity (Wildman–Crippen MR) is 70.7 cm³/mol. The van der Waals surface area contributed by atoms with Crippen LogP contribution in [0.2, 0.25) is 0 Å². The van der Waals surface area contributed by atoms with Gasteiger partial charge >= 0.3 is 5.97 Å². The lowest BCUT2D eigenvalue weighted by atomic mass is 10.00. The molecule has 0 saturated heterocycles. The molecule has 2 unspecified atom stereocenters. The van der Waals surface area contributed by atoms with Gasteiger partial charge in [-0.1, -0.05) is 30.3 Å². The maximum absolute atomic E-state index is 11.4. The minimum Gasteiger partial charge on any atom is -0.468 e. The summed E-state index contributed by atoms with van der Waals surface area (Å²) in [6.07, 6.45) is 1.05. The Labute approximate surface area is 112 Å².